The van der Waals surface area contributed by atoms with Crippen molar-refractivity contribution in [2.24, 2.45) is 0 Å². The molecule has 0 aliphatic carbocycles. The van der Waals surface area contributed by atoms with Crippen LogP contribution in [0.4, 0.5) is 8.78 Å². The van der Waals surface area contributed by atoms with E-state index in [0.717, 1.165) is 5.56 Å². The van der Waals surface area contributed by atoms with Crippen molar-refractivity contribution in [1.82, 2.24) is 5.32 Å². The minimum Gasteiger partial charge on any atom is -0.506 e. The van der Waals surface area contributed by atoms with Gasteiger partial charge in [-0.1, -0.05) is 6.07 Å². The fraction of sp³-hybridized carbons (Fsp3) is 0.278. The molecule has 5 nitrogen and oxygen atoms in total. The highest BCUT2D eigenvalue weighted by atomic mass is 79.9. The Balaban J connectivity index is 2.02. The normalized spacial score (nSPS) is 10.7. The van der Waals surface area contributed by atoms with E-state index in [0.29, 0.717) is 16.5 Å². The number of alkyl halides is 2. The summed E-state index contributed by atoms with van der Waals surface area (Å²) in [4.78, 5) is 12.2. The van der Waals surface area contributed by atoms with Gasteiger partial charge >= 0.3 is 6.61 Å². The topological polar surface area (TPSA) is 67.8 Å². The molecule has 2 aromatic carbocycles. The Hall–Kier alpha value is -2.35. The maximum absolute atomic E-state index is 12.5. The molecule has 1 amide bonds. The van der Waals surface area contributed by atoms with Gasteiger partial charge in [-0.3, -0.25) is 4.79 Å². The molecule has 0 saturated heterocycles. The molecule has 0 aromatic heterocycles. The summed E-state index contributed by atoms with van der Waals surface area (Å²) in [7, 11) is 1.36. The largest absolute Gasteiger partial charge is 0.506 e. The summed E-state index contributed by atoms with van der Waals surface area (Å²) in [5, 5.41) is 12.7. The second-order valence-electron chi connectivity index (χ2n) is 5.51. The minimum atomic E-state index is -2.96. The Morgan fingerprint density at radius 2 is 2.00 bits per heavy atom. The molecule has 0 unspecified atom stereocenters. The molecular formula is C18H18BrF2NO4. The number of ether oxygens (including phenoxy) is 2. The summed E-state index contributed by atoms with van der Waals surface area (Å²) < 4.78 is 34.8. The first-order valence-electron chi connectivity index (χ1n) is 7.71. The average Bonchev–Trinajstić information content (AvgIpc) is 2.57. The molecule has 2 rings (SSSR count). The second kappa shape index (κ2) is 8.84. The van der Waals surface area contributed by atoms with Crippen LogP contribution in [-0.2, 0) is 6.42 Å². The molecular weight excluding hydrogens is 412 g/mol. The Kier molecular flexibility index (Phi) is 6.79. The SMILES string of the molecule is COc1ccc(CCNC(=O)c2cc(C)cc(Br)c2O)cc1OC(F)F. The molecule has 0 fully saturated rings. The summed E-state index contributed by atoms with van der Waals surface area (Å²) in [6.45, 7) is -0.894. The van der Waals surface area contributed by atoms with Gasteiger partial charge in [-0.05, 0) is 64.7 Å². The molecule has 0 aliphatic heterocycles. The van der Waals surface area contributed by atoms with Crippen molar-refractivity contribution in [3.05, 3.63) is 51.5 Å². The van der Waals surface area contributed by atoms with Gasteiger partial charge in [-0.15, -0.1) is 0 Å². The van der Waals surface area contributed by atoms with Crippen molar-refractivity contribution in [3.63, 3.8) is 0 Å². The maximum Gasteiger partial charge on any atom is 0.387 e. The highest BCUT2D eigenvalue weighted by molar-refractivity contribution is 9.10. The smallest absolute Gasteiger partial charge is 0.387 e. The van der Waals surface area contributed by atoms with Crippen LogP contribution in [0.5, 0.6) is 17.2 Å². The molecule has 0 aliphatic rings. The van der Waals surface area contributed by atoms with Gasteiger partial charge in [0.2, 0.25) is 0 Å². The van der Waals surface area contributed by atoms with Crippen LogP contribution in [0.25, 0.3) is 0 Å². The summed E-state index contributed by atoms with van der Waals surface area (Å²) in [5.41, 5.74) is 1.67. The molecule has 140 valence electrons. The van der Waals surface area contributed by atoms with Crippen molar-refractivity contribution in [2.75, 3.05) is 13.7 Å². The lowest BCUT2D eigenvalue weighted by molar-refractivity contribution is -0.0512. The lowest BCUT2D eigenvalue weighted by Crippen LogP contribution is -2.26. The van der Waals surface area contributed by atoms with E-state index in [-0.39, 0.29) is 29.4 Å². The Morgan fingerprint density at radius 3 is 2.65 bits per heavy atom. The molecule has 26 heavy (non-hydrogen) atoms. The Labute approximate surface area is 158 Å². The molecule has 0 spiro atoms. The Bertz CT molecular complexity index is 799. The summed E-state index contributed by atoms with van der Waals surface area (Å²) in [6, 6.07) is 7.95. The highest BCUT2D eigenvalue weighted by Gasteiger charge is 2.15. The lowest BCUT2D eigenvalue weighted by Gasteiger charge is -2.12. The van der Waals surface area contributed by atoms with Crippen molar-refractivity contribution in [1.29, 1.82) is 0 Å². The van der Waals surface area contributed by atoms with Crippen molar-refractivity contribution < 1.29 is 28.2 Å². The zero-order valence-corrected chi connectivity index (χ0v) is 15.8. The van der Waals surface area contributed by atoms with E-state index in [1.165, 1.54) is 19.2 Å². The zero-order valence-electron chi connectivity index (χ0n) is 14.2. The van der Waals surface area contributed by atoms with Crippen LogP contribution in [0.2, 0.25) is 0 Å². The van der Waals surface area contributed by atoms with Gasteiger partial charge < -0.3 is 19.9 Å². The van der Waals surface area contributed by atoms with Crippen LogP contribution in [-0.4, -0.2) is 31.3 Å². The van der Waals surface area contributed by atoms with Crippen LogP contribution in [0.15, 0.2) is 34.8 Å². The van der Waals surface area contributed by atoms with Gasteiger partial charge in [0, 0.05) is 6.54 Å². The lowest BCUT2D eigenvalue weighted by atomic mass is 10.1. The van der Waals surface area contributed by atoms with Crippen LogP contribution in [0.1, 0.15) is 21.5 Å². The van der Waals surface area contributed by atoms with E-state index in [9.17, 15) is 18.7 Å². The molecule has 0 bridgehead atoms. The number of nitrogens with one attached hydrogen (secondary N) is 1. The number of phenolic OH excluding ortho intramolecular Hbond substituents is 1. The summed E-state index contributed by atoms with van der Waals surface area (Å²) >= 11 is 3.19. The van der Waals surface area contributed by atoms with Gasteiger partial charge in [-0.2, -0.15) is 8.78 Å². The number of benzene rings is 2. The zero-order chi connectivity index (χ0) is 19.3. The third-order valence-electron chi connectivity index (χ3n) is 3.60. The van der Waals surface area contributed by atoms with Crippen LogP contribution >= 0.6 is 15.9 Å². The van der Waals surface area contributed by atoms with Gasteiger partial charge in [0.15, 0.2) is 11.5 Å². The first-order chi connectivity index (χ1) is 12.3. The third-order valence-corrected chi connectivity index (χ3v) is 4.20. The van der Waals surface area contributed by atoms with Crippen LogP contribution in [0, 0.1) is 6.92 Å². The van der Waals surface area contributed by atoms with E-state index in [1.807, 2.05) is 6.92 Å². The number of carbonyl (C=O) groups is 1. The fourth-order valence-electron chi connectivity index (χ4n) is 2.39. The molecule has 0 heterocycles. The van der Waals surface area contributed by atoms with E-state index in [2.05, 4.69) is 26.0 Å². The average molecular weight is 430 g/mol. The summed E-state index contributed by atoms with van der Waals surface area (Å²) in [5.74, 6) is -0.422. The first-order valence-corrected chi connectivity index (χ1v) is 8.50. The fourth-order valence-corrected chi connectivity index (χ4v) is 2.96. The van der Waals surface area contributed by atoms with Gasteiger partial charge in [0.25, 0.3) is 5.91 Å². The molecule has 0 atom stereocenters. The highest BCUT2D eigenvalue weighted by Crippen LogP contribution is 2.30. The number of rotatable bonds is 7. The van der Waals surface area contributed by atoms with Crippen molar-refractivity contribution in [2.45, 2.75) is 20.0 Å². The molecule has 8 heteroatoms. The van der Waals surface area contributed by atoms with Crippen LogP contribution in [0.3, 0.4) is 0 Å². The standard InChI is InChI=1S/C18H18BrF2NO4/c1-10-7-12(16(23)13(19)8-10)17(24)22-6-5-11-3-4-14(25-2)15(9-11)26-18(20)21/h3-4,7-9,18,23H,5-6H2,1-2H3,(H,22,24). The number of methoxy groups -OCH3 is 1. The minimum absolute atomic E-state index is 0.0633. The number of hydrogen-bond acceptors (Lipinski definition) is 4. The van der Waals surface area contributed by atoms with Crippen molar-refractivity contribution >= 4 is 21.8 Å². The van der Waals surface area contributed by atoms with Gasteiger partial charge in [0.1, 0.15) is 5.75 Å². The quantitative estimate of drug-likeness (QED) is 0.696. The second-order valence-corrected chi connectivity index (χ2v) is 6.37. The van der Waals surface area contributed by atoms with Crippen molar-refractivity contribution in [3.8, 4) is 17.2 Å². The predicted octanol–water partition coefficient (Wildman–Crippen LogP) is 4.05. The van der Waals surface area contributed by atoms with Gasteiger partial charge in [0.05, 0.1) is 17.1 Å². The van der Waals surface area contributed by atoms with Crippen LogP contribution < -0.4 is 14.8 Å². The number of aryl methyl sites for hydroxylation is 1. The number of halogens is 3. The number of amides is 1. The number of carbonyl (C=O) groups excluding carboxylic acids is 1. The Morgan fingerprint density at radius 1 is 1.27 bits per heavy atom. The van der Waals surface area contributed by atoms with E-state index in [1.54, 1.807) is 18.2 Å². The van der Waals surface area contributed by atoms with E-state index >= 15 is 0 Å². The predicted molar refractivity (Wildman–Crippen MR) is 96.2 cm³/mol. The molecule has 0 saturated carbocycles. The first kappa shape index (κ1) is 20.0. The molecule has 2 aromatic rings. The maximum atomic E-state index is 12.5. The molecule has 0 radical (unpaired) electrons. The molecule has 2 N–H and O–H groups in total. The van der Waals surface area contributed by atoms with E-state index in [4.69, 9.17) is 4.74 Å². The number of aromatic hydroxyl groups is 1. The number of phenols is 1. The van der Waals surface area contributed by atoms with Gasteiger partial charge in [-0.25, -0.2) is 0 Å². The van der Waals surface area contributed by atoms with E-state index < -0.39 is 12.5 Å². The monoisotopic (exact) mass is 429 g/mol. The summed E-state index contributed by atoms with van der Waals surface area (Å²) in [6.07, 6.45) is 0.392. The third kappa shape index (κ3) is 5.08. The number of hydrogen-bond donors (Lipinski definition) is 2.